The van der Waals surface area contributed by atoms with E-state index in [1.807, 2.05) is 31.2 Å². The van der Waals surface area contributed by atoms with Gasteiger partial charge in [0.2, 0.25) is 0 Å². The van der Waals surface area contributed by atoms with Crippen molar-refractivity contribution in [3.63, 3.8) is 0 Å². The summed E-state index contributed by atoms with van der Waals surface area (Å²) in [7, 11) is 0. The molecule has 7 heteroatoms. The molecule has 7 nitrogen and oxygen atoms in total. The highest BCUT2D eigenvalue weighted by atomic mass is 16.4. The van der Waals surface area contributed by atoms with Crippen LogP contribution in [0, 0.1) is 19.8 Å². The van der Waals surface area contributed by atoms with Crippen molar-refractivity contribution in [1.29, 1.82) is 0 Å². The smallest absolute Gasteiger partial charge is 0.326 e. The number of fused-ring (bicyclic) bond motifs is 3. The van der Waals surface area contributed by atoms with E-state index in [9.17, 15) is 19.8 Å². The summed E-state index contributed by atoms with van der Waals surface area (Å²) in [6.45, 7) is 7.85. The topological polar surface area (TPSA) is 115 Å². The van der Waals surface area contributed by atoms with Crippen molar-refractivity contribution in [3.05, 3.63) is 83.4 Å². The van der Waals surface area contributed by atoms with E-state index >= 15 is 0 Å². The molecule has 0 saturated heterocycles. The van der Waals surface area contributed by atoms with E-state index in [1.165, 1.54) is 17.2 Å². The predicted molar refractivity (Wildman–Crippen MR) is 154 cm³/mol. The van der Waals surface area contributed by atoms with Crippen molar-refractivity contribution in [2.45, 2.75) is 40.2 Å². The molecule has 0 aliphatic carbocycles. The first-order valence-electron chi connectivity index (χ1n) is 13.0. The van der Waals surface area contributed by atoms with E-state index < -0.39 is 17.9 Å². The fourth-order valence-corrected chi connectivity index (χ4v) is 4.85. The Bertz CT molecular complexity index is 1740. The number of aliphatic carboxylic acids is 1. The van der Waals surface area contributed by atoms with E-state index in [0.29, 0.717) is 28.5 Å². The number of rotatable bonds is 7. The highest BCUT2D eigenvalue weighted by Gasteiger charge is 2.26. The number of nitrogens with one attached hydrogen (secondary N) is 2. The Kier molecular flexibility index (Phi) is 6.83. The molecule has 0 fully saturated rings. The van der Waals surface area contributed by atoms with Crippen LogP contribution in [0.1, 0.15) is 41.8 Å². The van der Waals surface area contributed by atoms with Crippen LogP contribution < -0.4 is 5.32 Å². The second-order valence-corrected chi connectivity index (χ2v) is 10.2. The van der Waals surface area contributed by atoms with E-state index in [1.54, 1.807) is 13.0 Å². The lowest BCUT2D eigenvalue weighted by Gasteiger charge is -2.20. The maximum atomic E-state index is 12.9. The van der Waals surface area contributed by atoms with Gasteiger partial charge in [-0.15, -0.1) is 0 Å². The molecule has 5 aromatic rings. The van der Waals surface area contributed by atoms with Crippen LogP contribution in [0.3, 0.4) is 0 Å². The van der Waals surface area contributed by atoms with Gasteiger partial charge in [-0.25, -0.2) is 9.78 Å². The number of imidazole rings is 1. The number of hydrogen-bond acceptors (Lipinski definition) is 4. The normalized spacial score (nSPS) is 12.9. The first-order valence-corrected chi connectivity index (χ1v) is 13.0. The van der Waals surface area contributed by atoms with Crippen LogP contribution in [0.25, 0.3) is 44.3 Å². The first-order chi connectivity index (χ1) is 18.7. The molecule has 1 heterocycles. The Morgan fingerprint density at radius 2 is 1.69 bits per heavy atom. The highest BCUT2D eigenvalue weighted by molar-refractivity contribution is 6.11. The zero-order chi connectivity index (χ0) is 27.8. The number of amides is 1. The van der Waals surface area contributed by atoms with Crippen molar-refractivity contribution in [3.8, 4) is 28.3 Å². The van der Waals surface area contributed by atoms with Gasteiger partial charge in [-0.2, -0.15) is 0 Å². The van der Waals surface area contributed by atoms with Crippen molar-refractivity contribution in [2.24, 2.45) is 5.92 Å². The molecular weight excluding hydrogens is 490 g/mol. The molecule has 1 unspecified atom stereocenters. The number of carbonyl (C=O) groups is 2. The summed E-state index contributed by atoms with van der Waals surface area (Å²) >= 11 is 0. The molecule has 1 amide bonds. The van der Waals surface area contributed by atoms with Crippen LogP contribution in [0.5, 0.6) is 5.75 Å². The number of hydrogen-bond donors (Lipinski definition) is 4. The second-order valence-electron chi connectivity index (χ2n) is 10.2. The Morgan fingerprint density at radius 1 is 0.949 bits per heavy atom. The zero-order valence-electron chi connectivity index (χ0n) is 22.4. The fraction of sp³-hybridized carbons (Fsp3) is 0.219. The lowest BCUT2D eigenvalue weighted by molar-refractivity contribution is -0.140. The summed E-state index contributed by atoms with van der Waals surface area (Å²) in [4.78, 5) is 32.8. The Labute approximate surface area is 226 Å². The van der Waals surface area contributed by atoms with Gasteiger partial charge in [-0.05, 0) is 71.7 Å². The van der Waals surface area contributed by atoms with E-state index in [2.05, 4.69) is 54.5 Å². The summed E-state index contributed by atoms with van der Waals surface area (Å²) in [5.41, 5.74) is 7.13. The Balaban J connectivity index is 1.52. The van der Waals surface area contributed by atoms with Crippen LogP contribution in [0.15, 0.2) is 66.7 Å². The van der Waals surface area contributed by atoms with Crippen LogP contribution >= 0.6 is 0 Å². The minimum atomic E-state index is -1.09. The SMILES string of the molecule is CCC(C)[C@H](NC(=O)c1cc(O)c2c(ccc3[nH]c(-c4cccc(-c5ccc(C)c(C)c5)c4)nc32)c1)C(=O)O. The maximum absolute atomic E-state index is 12.9. The Hall–Kier alpha value is -4.65. The molecule has 0 radical (unpaired) electrons. The molecule has 0 aliphatic heterocycles. The van der Waals surface area contributed by atoms with Gasteiger partial charge in [0.15, 0.2) is 0 Å². The average Bonchev–Trinajstić information content (AvgIpc) is 3.37. The number of phenolic OH excluding ortho intramolecular Hbond substituents is 1. The van der Waals surface area contributed by atoms with Crippen LogP contribution in [-0.4, -0.2) is 38.1 Å². The van der Waals surface area contributed by atoms with E-state index in [4.69, 9.17) is 4.98 Å². The van der Waals surface area contributed by atoms with Crippen LogP contribution in [0.2, 0.25) is 0 Å². The molecular formula is C32H31N3O4. The quantitative estimate of drug-likeness (QED) is 0.193. The molecule has 39 heavy (non-hydrogen) atoms. The standard InChI is InChI=1S/C32H31N3O4/c1-5-17(2)28(32(38)39)35-31(37)24-15-22-11-12-25-29(27(22)26(36)16-24)34-30(33-25)23-8-6-7-20(14-23)21-10-9-18(3)19(4)13-21/h6-17,28,36H,5H2,1-4H3,(H,33,34)(H,35,37)(H,38,39)/t17?,28-/m0/s1. The molecule has 0 aliphatic rings. The number of aryl methyl sites for hydroxylation is 2. The van der Waals surface area contributed by atoms with Crippen molar-refractivity contribution < 1.29 is 19.8 Å². The van der Waals surface area contributed by atoms with Gasteiger partial charge in [0.05, 0.1) is 10.9 Å². The fourth-order valence-electron chi connectivity index (χ4n) is 4.85. The number of aromatic hydroxyl groups is 1. The predicted octanol–water partition coefficient (Wildman–Crippen LogP) is 6.60. The number of benzene rings is 4. The summed E-state index contributed by atoms with van der Waals surface area (Å²) in [5, 5.41) is 24.3. The number of aromatic nitrogens is 2. The minimum absolute atomic E-state index is 0.0967. The average molecular weight is 522 g/mol. The van der Waals surface area contributed by atoms with Crippen LogP contribution in [0.4, 0.5) is 0 Å². The van der Waals surface area contributed by atoms with Gasteiger partial charge >= 0.3 is 5.97 Å². The lowest BCUT2D eigenvalue weighted by Crippen LogP contribution is -2.45. The third-order valence-corrected chi connectivity index (χ3v) is 7.55. The van der Waals surface area contributed by atoms with Gasteiger partial charge in [0, 0.05) is 11.1 Å². The van der Waals surface area contributed by atoms with E-state index in [0.717, 1.165) is 22.2 Å². The number of carbonyl (C=O) groups excluding carboxylic acids is 1. The van der Waals surface area contributed by atoms with Gasteiger partial charge in [0.1, 0.15) is 23.1 Å². The molecule has 0 bridgehead atoms. The molecule has 0 saturated carbocycles. The molecule has 5 rings (SSSR count). The molecule has 4 aromatic carbocycles. The molecule has 4 N–H and O–H groups in total. The summed E-state index contributed by atoms with van der Waals surface area (Å²) in [6.07, 6.45) is 0.604. The summed E-state index contributed by atoms with van der Waals surface area (Å²) in [5.74, 6) is -1.31. The number of carboxylic acids is 1. The van der Waals surface area contributed by atoms with Gasteiger partial charge in [0.25, 0.3) is 5.91 Å². The monoisotopic (exact) mass is 521 g/mol. The Morgan fingerprint density at radius 3 is 2.41 bits per heavy atom. The third kappa shape index (κ3) is 4.95. The van der Waals surface area contributed by atoms with Gasteiger partial charge in [-0.3, -0.25) is 4.79 Å². The molecule has 2 atom stereocenters. The van der Waals surface area contributed by atoms with Gasteiger partial charge < -0.3 is 20.5 Å². The van der Waals surface area contributed by atoms with Crippen molar-refractivity contribution in [1.82, 2.24) is 15.3 Å². The molecule has 1 aromatic heterocycles. The van der Waals surface area contributed by atoms with Gasteiger partial charge in [-0.1, -0.05) is 62.7 Å². The lowest BCUT2D eigenvalue weighted by atomic mass is 9.98. The third-order valence-electron chi connectivity index (χ3n) is 7.55. The molecule has 198 valence electrons. The number of H-pyrrole nitrogens is 1. The largest absolute Gasteiger partial charge is 0.507 e. The second kappa shape index (κ2) is 10.3. The maximum Gasteiger partial charge on any atom is 0.326 e. The van der Waals surface area contributed by atoms with Crippen molar-refractivity contribution >= 4 is 33.7 Å². The number of aromatic amines is 1. The van der Waals surface area contributed by atoms with Crippen molar-refractivity contribution in [2.75, 3.05) is 0 Å². The number of carboxylic acid groups (broad SMARTS) is 1. The van der Waals surface area contributed by atoms with E-state index in [-0.39, 0.29) is 17.2 Å². The highest BCUT2D eigenvalue weighted by Crippen LogP contribution is 2.35. The minimum Gasteiger partial charge on any atom is -0.507 e. The zero-order valence-corrected chi connectivity index (χ0v) is 22.4. The number of phenols is 1. The molecule has 0 spiro atoms. The van der Waals surface area contributed by atoms with Crippen LogP contribution in [-0.2, 0) is 4.79 Å². The number of nitrogens with zero attached hydrogens (tertiary/aromatic N) is 1. The summed E-state index contributed by atoms with van der Waals surface area (Å²) in [6, 6.07) is 20.2. The summed E-state index contributed by atoms with van der Waals surface area (Å²) < 4.78 is 0. The first kappa shape index (κ1) is 26.0.